The molecule has 4 heterocycles. The van der Waals surface area contributed by atoms with Gasteiger partial charge in [-0.1, -0.05) is 296 Å². The number of amides is 4. The highest BCUT2D eigenvalue weighted by Gasteiger charge is 2.39. The topological polar surface area (TPSA) is 265 Å². The second-order valence-corrected chi connectivity index (χ2v) is 41.3. The van der Waals surface area contributed by atoms with Crippen LogP contribution in [0.25, 0.3) is 0 Å². The van der Waals surface area contributed by atoms with E-state index in [4.69, 9.17) is 45.7 Å². The number of hydrogen-bond donors (Lipinski definition) is 4. The predicted octanol–water partition coefficient (Wildman–Crippen LogP) is 22.8. The average Bonchev–Trinajstić information content (AvgIpc) is 1.81. The summed E-state index contributed by atoms with van der Waals surface area (Å²) >= 11 is 1.55. The fourth-order valence-corrected chi connectivity index (χ4v) is 19.9. The Morgan fingerprint density at radius 1 is 0.430 bits per heavy atom. The van der Waals surface area contributed by atoms with Crippen LogP contribution in [0.15, 0.2) is 12.2 Å². The smallest absolute Gasteiger partial charge is 0.253 e. The first-order valence-corrected chi connectivity index (χ1v) is 53.8. The molecule has 4 fully saturated rings. The van der Waals surface area contributed by atoms with Crippen molar-refractivity contribution in [3.05, 3.63) is 12.2 Å². The molecule has 0 spiro atoms. The van der Waals surface area contributed by atoms with Crippen LogP contribution >= 0.6 is 42.0 Å². The van der Waals surface area contributed by atoms with Gasteiger partial charge in [0, 0.05) is 84.3 Å². The molecule has 114 heavy (non-hydrogen) atoms. The minimum atomic E-state index is -3.28. The summed E-state index contributed by atoms with van der Waals surface area (Å²) < 4.78 is 53.7. The summed E-state index contributed by atoms with van der Waals surface area (Å²) in [6.45, 7) is 8.90. The summed E-state index contributed by atoms with van der Waals surface area (Å²) in [4.78, 5) is 103. The van der Waals surface area contributed by atoms with Gasteiger partial charge >= 0.3 is 0 Å². The maximum atomic E-state index is 12.6. The molecule has 26 heteroatoms. The van der Waals surface area contributed by atoms with Crippen LogP contribution in [-0.4, -0.2) is 186 Å². The highest BCUT2D eigenvalue weighted by Crippen LogP contribution is 2.49. The van der Waals surface area contributed by atoms with Crippen molar-refractivity contribution in [3.8, 4) is 0 Å². The van der Waals surface area contributed by atoms with E-state index in [-0.39, 0.29) is 53.9 Å². The first kappa shape index (κ1) is 107. The minimum Gasteiger partial charge on any atom is -0.373 e. The zero-order chi connectivity index (χ0) is 83.2. The van der Waals surface area contributed by atoms with Crippen molar-refractivity contribution in [1.29, 1.82) is 0 Å². The van der Waals surface area contributed by atoms with Gasteiger partial charge in [-0.3, -0.25) is 33.8 Å². The van der Waals surface area contributed by atoms with Crippen LogP contribution in [0.4, 0.5) is 0 Å². The van der Waals surface area contributed by atoms with Gasteiger partial charge < -0.3 is 65.2 Å². The third-order valence-corrected chi connectivity index (χ3v) is 28.6. The highest BCUT2D eigenvalue weighted by molar-refractivity contribution is 8.00. The number of rotatable bonds is 72. The number of Topliss-reactive ketones (excluding diaryl/α,β-unsaturated/α-hetero) is 1. The van der Waals surface area contributed by atoms with E-state index < -0.39 is 54.7 Å². The van der Waals surface area contributed by atoms with Crippen molar-refractivity contribution in [2.24, 2.45) is 11.8 Å². The molecule has 4 N–H and O–H groups in total. The van der Waals surface area contributed by atoms with Crippen LogP contribution in [0, 0.1) is 11.8 Å². The Kier molecular flexibility index (Phi) is 63.0. The molecule has 0 radical (unpaired) electrons. The number of carbonyl (C=O) groups excluding carboxylic acids is 5. The normalized spacial score (nSPS) is 21.9. The van der Waals surface area contributed by atoms with Gasteiger partial charge in [-0.25, -0.2) is 0 Å². The second-order valence-electron chi connectivity index (χ2n) is 32.7. The van der Waals surface area contributed by atoms with Crippen LogP contribution in [0.1, 0.15) is 380 Å². The van der Waals surface area contributed by atoms with Crippen molar-refractivity contribution in [3.63, 3.8) is 0 Å². The predicted molar refractivity (Wildman–Crippen MR) is 478 cm³/mol. The van der Waals surface area contributed by atoms with Crippen LogP contribution in [0.2, 0.25) is 0 Å². The van der Waals surface area contributed by atoms with E-state index in [1.165, 1.54) is 287 Å². The zero-order valence-electron chi connectivity index (χ0n) is 72.5. The Hall–Kier alpha value is -1.32. The molecule has 21 nitrogen and oxygen atoms in total. The Morgan fingerprint density at radius 2 is 0.772 bits per heavy atom. The van der Waals surface area contributed by atoms with Gasteiger partial charge in [-0.2, -0.15) is 0 Å². The molecular weight excluding hydrogens is 1540 g/mol. The van der Waals surface area contributed by atoms with Crippen LogP contribution in [-0.2, 0) is 69.6 Å². The minimum absolute atomic E-state index is 0.0248. The lowest BCUT2D eigenvalue weighted by molar-refractivity contribution is -0.139. The van der Waals surface area contributed by atoms with Crippen molar-refractivity contribution >= 4 is 96.6 Å². The molecule has 3 saturated heterocycles. The summed E-state index contributed by atoms with van der Waals surface area (Å²) in [5, 5.41) is -0.239. The molecule has 0 aromatic carbocycles. The van der Waals surface area contributed by atoms with Gasteiger partial charge in [0.2, 0.25) is 42.1 Å². The van der Waals surface area contributed by atoms with Gasteiger partial charge in [0.05, 0.1) is 43.9 Å². The van der Waals surface area contributed by atoms with Gasteiger partial charge in [-0.15, -0.1) is 11.8 Å². The molecule has 0 aromatic heterocycles. The van der Waals surface area contributed by atoms with E-state index in [1.54, 1.807) is 11.8 Å². The lowest BCUT2D eigenvalue weighted by Crippen LogP contribution is -2.36. The number of imide groups is 2. The summed E-state index contributed by atoms with van der Waals surface area (Å²) in [5.41, 5.74) is 0. The summed E-state index contributed by atoms with van der Waals surface area (Å²) in [6.07, 6.45) is 86.4. The number of thioether (sulfide) groups is 1. The van der Waals surface area contributed by atoms with Gasteiger partial charge in [-0.05, 0) is 95.2 Å². The summed E-state index contributed by atoms with van der Waals surface area (Å²) in [5.74, 6) is 0.908. The SMILES string of the molecule is C=P(O)(OC)OCC1OCCC1OP(=C)(O)OCCCCCCCC(=O)C1CCC(CN2C(=O)C=CC2=O)CC1.C=P(O)(OCCCCCCSC1CC(=O)N(CC)C1=O)OCC1OCCC1OP(=C)(O)OC.CCCCCCCCCCCCCCCCCCCCCCCCCCCCCCCCCCCCCCCCC. The second kappa shape index (κ2) is 67.2. The number of nitrogens with zero attached hydrogens (tertiary/aromatic N) is 2. The molecule has 4 aliphatic heterocycles. The van der Waals surface area contributed by atoms with E-state index in [9.17, 15) is 43.5 Å². The number of likely N-dealkylation sites (tertiary alicyclic amines) is 1. The lowest BCUT2D eigenvalue weighted by atomic mass is 9.79. The standard InChI is InChI=1S/C41H84.C27H45NO10P2.C20H37NO9P2S/c1-3-5-7-9-11-13-15-17-19-21-23-25-27-29-31-33-35-37-39-41-40-38-36-34-32-30-28-26-24-22-20-18-16-14-12-10-8-6-4-2;1-34-39(2,32)37-20-25-24(16-18-35-25)38-40(3,33)36-17-8-6-4-5-7-9-23(29)22-12-10-21(11-13-22)19-28-26(30)14-15-27(28)31;1-5-21-19(22)14-18(20(21)23)33-13-9-7-6-8-11-28-32(4,25)29-15-17-16(10-12-27-17)30-31(3,24)26-2/h3-41H2,1-2H3;14-15,21-22,24-25,32-33H,2-13,16-20H2,1H3;16-18,24-25H,3-15H2,1-2H3. The molecule has 5 rings (SSSR count). The van der Waals surface area contributed by atoms with Gasteiger partial charge in [0.1, 0.15) is 18.0 Å². The number of ether oxygens (including phenoxy) is 2. The van der Waals surface area contributed by atoms with E-state index in [2.05, 4.69) is 39.0 Å². The fourth-order valence-electron chi connectivity index (χ4n) is 15.4. The number of carbonyl (C=O) groups is 5. The van der Waals surface area contributed by atoms with Crippen LogP contribution < -0.4 is 0 Å². The molecule has 0 aromatic rings. The van der Waals surface area contributed by atoms with E-state index in [0.29, 0.717) is 71.0 Å². The Bertz CT molecular complexity index is 2670. The number of unbranched alkanes of at least 4 members (excludes halogenated alkanes) is 45. The third-order valence-electron chi connectivity index (χ3n) is 22.7. The van der Waals surface area contributed by atoms with Crippen LogP contribution in [0.3, 0.4) is 0 Å². The third kappa shape index (κ3) is 53.6. The number of ketones is 1. The summed E-state index contributed by atoms with van der Waals surface area (Å²) in [7, 11) is -10.2. The fraction of sp³-hybridized carbons (Fsp3) is 0.875. The molecule has 1 saturated carbocycles. The van der Waals surface area contributed by atoms with Crippen molar-refractivity contribution in [2.75, 3.05) is 72.7 Å². The maximum absolute atomic E-state index is 12.6. The largest absolute Gasteiger partial charge is 0.373 e. The Balaban J connectivity index is 0.000000445. The Morgan fingerprint density at radius 3 is 1.14 bits per heavy atom. The first-order valence-electron chi connectivity index (χ1n) is 45.7. The first-order chi connectivity index (χ1) is 55.0. The maximum Gasteiger partial charge on any atom is 0.253 e. The summed E-state index contributed by atoms with van der Waals surface area (Å²) in [6, 6.07) is 0. The van der Waals surface area contributed by atoms with Crippen molar-refractivity contribution < 1.29 is 89.2 Å². The number of hydrogen-bond acceptors (Lipinski definition) is 20. The molecule has 5 aliphatic rings. The van der Waals surface area contributed by atoms with Gasteiger partial charge in [0.15, 0.2) is 0 Å². The molecule has 1 aliphatic carbocycles. The highest BCUT2D eigenvalue weighted by atomic mass is 32.2. The Labute approximate surface area is 698 Å². The molecule has 9 atom stereocenters. The van der Waals surface area contributed by atoms with E-state index >= 15 is 0 Å². The zero-order valence-corrected chi connectivity index (χ0v) is 76.9. The molecule has 9 unspecified atom stereocenters. The molecule has 4 amide bonds. The van der Waals surface area contributed by atoms with E-state index in [1.807, 2.05) is 6.92 Å². The molecule has 0 bridgehead atoms. The van der Waals surface area contributed by atoms with Crippen molar-refractivity contribution in [1.82, 2.24) is 9.80 Å². The van der Waals surface area contributed by atoms with Crippen LogP contribution in [0.5, 0.6) is 0 Å². The molecular formula is C88H166N2O19P4S. The molecule has 668 valence electrons. The average molecular weight is 1710 g/mol. The van der Waals surface area contributed by atoms with Gasteiger partial charge in [0.25, 0.3) is 11.8 Å². The van der Waals surface area contributed by atoms with E-state index in [0.717, 1.165) is 89.2 Å². The van der Waals surface area contributed by atoms with Crippen molar-refractivity contribution in [2.45, 2.75) is 410 Å². The lowest BCUT2D eigenvalue weighted by Gasteiger charge is -2.30. The quantitative estimate of drug-likeness (QED) is 0.0250. The monoisotopic (exact) mass is 1710 g/mol.